The molecule has 0 heterocycles. The zero-order valence-electron chi connectivity index (χ0n) is 9.39. The van der Waals surface area contributed by atoms with E-state index in [4.69, 9.17) is 0 Å². The van der Waals surface area contributed by atoms with Gasteiger partial charge in [-0.25, -0.2) is 0 Å². The van der Waals surface area contributed by atoms with Crippen molar-refractivity contribution in [1.82, 2.24) is 0 Å². The van der Waals surface area contributed by atoms with Crippen LogP contribution in [0.5, 0.6) is 0 Å². The van der Waals surface area contributed by atoms with Crippen LogP contribution in [0.1, 0.15) is 25.3 Å². The van der Waals surface area contributed by atoms with E-state index in [2.05, 4.69) is 59.9 Å². The maximum Gasteiger partial charge on any atom is 0.0383 e. The molecule has 1 aromatic rings. The van der Waals surface area contributed by atoms with E-state index in [-0.39, 0.29) is 0 Å². The average Bonchev–Trinajstić information content (AvgIpc) is 2.22. The normalized spacial score (nSPS) is 12.2. The van der Waals surface area contributed by atoms with Crippen molar-refractivity contribution < 1.29 is 0 Å². The fourth-order valence-corrected chi connectivity index (χ4v) is 1.84. The first-order valence-electron chi connectivity index (χ1n) is 5.27. The molecule has 2 heteroatoms. The Morgan fingerprint density at radius 1 is 1.53 bits per heavy atom. The minimum atomic E-state index is 0.482. The second-order valence-electron chi connectivity index (χ2n) is 3.82. The summed E-state index contributed by atoms with van der Waals surface area (Å²) in [5, 5.41) is 3.51. The van der Waals surface area contributed by atoms with Gasteiger partial charge in [0, 0.05) is 16.2 Å². The van der Waals surface area contributed by atoms with Crippen LogP contribution in [0.3, 0.4) is 0 Å². The summed E-state index contributed by atoms with van der Waals surface area (Å²) < 4.78 is 1.16. The van der Waals surface area contributed by atoms with E-state index in [1.807, 2.05) is 6.08 Å². The lowest BCUT2D eigenvalue weighted by molar-refractivity contribution is 0.718. The predicted octanol–water partition coefficient (Wildman–Crippen LogP) is 4.52. The van der Waals surface area contributed by atoms with Crippen LogP contribution in [0, 0.1) is 6.92 Å². The highest BCUT2D eigenvalue weighted by atomic mass is 79.9. The van der Waals surface area contributed by atoms with Crippen LogP contribution >= 0.6 is 15.9 Å². The summed E-state index contributed by atoms with van der Waals surface area (Å²) in [5.74, 6) is 0. The van der Waals surface area contributed by atoms with E-state index in [1.54, 1.807) is 0 Å². The number of nitrogens with one attached hydrogen (secondary N) is 1. The molecule has 0 aromatic heterocycles. The van der Waals surface area contributed by atoms with Gasteiger partial charge in [0.1, 0.15) is 0 Å². The zero-order chi connectivity index (χ0) is 11.3. The van der Waals surface area contributed by atoms with Crippen LogP contribution in [0.2, 0.25) is 0 Å². The van der Waals surface area contributed by atoms with E-state index in [0.717, 1.165) is 17.3 Å². The molecule has 1 nitrogen and oxygen atoms in total. The fraction of sp³-hybridized carbons (Fsp3) is 0.385. The number of benzene rings is 1. The Kier molecular flexibility index (Phi) is 4.89. The van der Waals surface area contributed by atoms with Crippen molar-refractivity contribution in [3.05, 3.63) is 40.9 Å². The molecule has 1 atom stereocenters. The number of hydrogen-bond acceptors (Lipinski definition) is 1. The monoisotopic (exact) mass is 267 g/mol. The summed E-state index contributed by atoms with van der Waals surface area (Å²) in [7, 11) is 0. The third-order valence-corrected chi connectivity index (χ3v) is 3.33. The van der Waals surface area contributed by atoms with Gasteiger partial charge in [-0.1, -0.05) is 28.1 Å². The Morgan fingerprint density at radius 2 is 2.27 bits per heavy atom. The molecule has 0 saturated heterocycles. The number of halogens is 1. The maximum atomic E-state index is 3.74. The second-order valence-corrected chi connectivity index (χ2v) is 4.68. The first kappa shape index (κ1) is 12.3. The molecule has 1 unspecified atom stereocenters. The van der Waals surface area contributed by atoms with Gasteiger partial charge in [0.2, 0.25) is 0 Å². The Labute approximate surface area is 101 Å². The van der Waals surface area contributed by atoms with E-state index in [1.165, 1.54) is 11.3 Å². The summed E-state index contributed by atoms with van der Waals surface area (Å²) in [6.45, 7) is 8.05. The molecular weight excluding hydrogens is 250 g/mol. The van der Waals surface area contributed by atoms with Gasteiger partial charge in [0.25, 0.3) is 0 Å². The van der Waals surface area contributed by atoms with Crippen molar-refractivity contribution in [2.75, 3.05) is 5.32 Å². The van der Waals surface area contributed by atoms with Crippen LogP contribution in [0.15, 0.2) is 35.3 Å². The fourth-order valence-electron chi connectivity index (χ4n) is 1.47. The highest BCUT2D eigenvalue weighted by Crippen LogP contribution is 2.24. The van der Waals surface area contributed by atoms with E-state index in [0.29, 0.717) is 6.04 Å². The molecule has 15 heavy (non-hydrogen) atoms. The lowest BCUT2D eigenvalue weighted by Crippen LogP contribution is -2.15. The number of hydrogen-bond donors (Lipinski definition) is 1. The van der Waals surface area contributed by atoms with Gasteiger partial charge in [0.05, 0.1) is 0 Å². The molecule has 1 aromatic carbocycles. The van der Waals surface area contributed by atoms with Gasteiger partial charge < -0.3 is 5.32 Å². The predicted molar refractivity (Wildman–Crippen MR) is 71.4 cm³/mol. The molecule has 82 valence electrons. The second kappa shape index (κ2) is 5.96. The van der Waals surface area contributed by atoms with Gasteiger partial charge in [0.15, 0.2) is 0 Å². The van der Waals surface area contributed by atoms with E-state index < -0.39 is 0 Å². The largest absolute Gasteiger partial charge is 0.382 e. The quantitative estimate of drug-likeness (QED) is 0.774. The van der Waals surface area contributed by atoms with Gasteiger partial charge in [-0.2, -0.15) is 0 Å². The summed E-state index contributed by atoms with van der Waals surface area (Å²) in [5.41, 5.74) is 2.48. The van der Waals surface area contributed by atoms with Crippen LogP contribution in [-0.4, -0.2) is 6.04 Å². The summed E-state index contributed by atoms with van der Waals surface area (Å²) in [6, 6.07) is 6.72. The first-order chi connectivity index (χ1) is 7.15. The SMILES string of the molecule is C=CCCC(C)Nc1cccc(Br)c1C. The molecule has 0 radical (unpaired) electrons. The van der Waals surface area contributed by atoms with Crippen LogP contribution < -0.4 is 5.32 Å². The topological polar surface area (TPSA) is 12.0 Å². The standard InChI is InChI=1S/C13H18BrN/c1-4-5-7-10(2)15-13-9-6-8-12(14)11(13)3/h4,6,8-10,15H,1,5,7H2,2-3H3. The Hall–Kier alpha value is -0.760. The highest BCUT2D eigenvalue weighted by molar-refractivity contribution is 9.10. The molecule has 0 aliphatic carbocycles. The highest BCUT2D eigenvalue weighted by Gasteiger charge is 2.04. The van der Waals surface area contributed by atoms with E-state index >= 15 is 0 Å². The molecule has 0 saturated carbocycles. The summed E-state index contributed by atoms with van der Waals surface area (Å²) >= 11 is 3.53. The van der Waals surface area contributed by atoms with Crippen molar-refractivity contribution in [3.63, 3.8) is 0 Å². The Morgan fingerprint density at radius 3 is 2.93 bits per heavy atom. The van der Waals surface area contributed by atoms with Crippen molar-refractivity contribution >= 4 is 21.6 Å². The molecule has 1 N–H and O–H groups in total. The minimum absolute atomic E-state index is 0.482. The van der Waals surface area contributed by atoms with Gasteiger partial charge in [-0.05, 0) is 44.4 Å². The average molecular weight is 268 g/mol. The van der Waals surface area contributed by atoms with Gasteiger partial charge in [-0.15, -0.1) is 6.58 Å². The van der Waals surface area contributed by atoms with Gasteiger partial charge >= 0.3 is 0 Å². The Balaban J connectivity index is 2.63. The smallest absolute Gasteiger partial charge is 0.0383 e. The number of rotatable bonds is 5. The molecule has 0 fully saturated rings. The van der Waals surface area contributed by atoms with Crippen molar-refractivity contribution in [2.24, 2.45) is 0 Å². The summed E-state index contributed by atoms with van der Waals surface area (Å²) in [6.07, 6.45) is 4.14. The van der Waals surface area contributed by atoms with Crippen LogP contribution in [0.25, 0.3) is 0 Å². The maximum absolute atomic E-state index is 3.74. The lowest BCUT2D eigenvalue weighted by Gasteiger charge is -2.16. The third kappa shape index (κ3) is 3.71. The number of anilines is 1. The van der Waals surface area contributed by atoms with Gasteiger partial charge in [-0.3, -0.25) is 0 Å². The van der Waals surface area contributed by atoms with Crippen molar-refractivity contribution in [2.45, 2.75) is 32.7 Å². The third-order valence-electron chi connectivity index (χ3n) is 2.47. The molecule has 1 rings (SSSR count). The van der Waals surface area contributed by atoms with Crippen LogP contribution in [0.4, 0.5) is 5.69 Å². The molecule has 0 aliphatic heterocycles. The molecule has 0 spiro atoms. The zero-order valence-corrected chi connectivity index (χ0v) is 11.0. The van der Waals surface area contributed by atoms with Crippen LogP contribution in [-0.2, 0) is 0 Å². The lowest BCUT2D eigenvalue weighted by atomic mass is 10.1. The molecule has 0 bridgehead atoms. The van der Waals surface area contributed by atoms with E-state index in [9.17, 15) is 0 Å². The number of allylic oxidation sites excluding steroid dienone is 1. The van der Waals surface area contributed by atoms with Crippen molar-refractivity contribution in [3.8, 4) is 0 Å². The summed E-state index contributed by atoms with van der Waals surface area (Å²) in [4.78, 5) is 0. The molecular formula is C13H18BrN. The minimum Gasteiger partial charge on any atom is -0.382 e. The Bertz CT molecular complexity index is 333. The van der Waals surface area contributed by atoms with Crippen molar-refractivity contribution in [1.29, 1.82) is 0 Å². The molecule has 0 aliphatic rings. The molecule has 0 amide bonds. The first-order valence-corrected chi connectivity index (χ1v) is 6.07.